The van der Waals surface area contributed by atoms with Crippen LogP contribution in [0.3, 0.4) is 0 Å². The maximum absolute atomic E-state index is 13.5. The molecule has 0 spiro atoms. The number of ketones is 1. The summed E-state index contributed by atoms with van der Waals surface area (Å²) in [5.41, 5.74) is 7.08. The first kappa shape index (κ1) is 21.8. The number of carbonyl (C=O) groups excluding carboxylic acids is 3. The van der Waals surface area contributed by atoms with Crippen molar-refractivity contribution in [2.45, 2.75) is 12.5 Å². The van der Waals surface area contributed by atoms with Crippen molar-refractivity contribution in [1.82, 2.24) is 10.3 Å². The molecule has 1 heterocycles. The summed E-state index contributed by atoms with van der Waals surface area (Å²) >= 11 is 0. The van der Waals surface area contributed by atoms with E-state index >= 15 is 0 Å². The minimum Gasteiger partial charge on any atom is -0.363 e. The Labute approximate surface area is 189 Å². The van der Waals surface area contributed by atoms with Gasteiger partial charge in [-0.15, -0.1) is 0 Å². The number of aromatic nitrogens is 1. The molecule has 6 nitrogen and oxygen atoms in total. The van der Waals surface area contributed by atoms with Crippen molar-refractivity contribution in [2.75, 3.05) is 0 Å². The highest BCUT2D eigenvalue weighted by atomic mass is 19.1. The molecule has 0 radical (unpaired) electrons. The van der Waals surface area contributed by atoms with E-state index in [9.17, 15) is 18.8 Å². The third kappa shape index (κ3) is 4.77. The number of benzene rings is 3. The van der Waals surface area contributed by atoms with Gasteiger partial charge in [-0.3, -0.25) is 19.4 Å². The van der Waals surface area contributed by atoms with Crippen molar-refractivity contribution in [3.8, 4) is 11.3 Å². The highest BCUT2D eigenvalue weighted by Gasteiger charge is 2.28. The van der Waals surface area contributed by atoms with Crippen molar-refractivity contribution in [2.24, 2.45) is 5.73 Å². The summed E-state index contributed by atoms with van der Waals surface area (Å²) < 4.78 is 13.5. The largest absolute Gasteiger partial charge is 0.363 e. The van der Waals surface area contributed by atoms with Crippen LogP contribution in [0.4, 0.5) is 4.39 Å². The number of amides is 2. The number of nitrogens with zero attached hydrogens (tertiary/aromatic N) is 1. The van der Waals surface area contributed by atoms with Crippen LogP contribution in [0.1, 0.15) is 15.9 Å². The van der Waals surface area contributed by atoms with Gasteiger partial charge in [0.05, 0.1) is 11.3 Å². The highest BCUT2D eigenvalue weighted by molar-refractivity contribution is 6.38. The van der Waals surface area contributed by atoms with Gasteiger partial charge in [-0.1, -0.05) is 54.6 Å². The fourth-order valence-electron chi connectivity index (χ4n) is 3.68. The average molecular weight is 441 g/mol. The van der Waals surface area contributed by atoms with E-state index in [-0.39, 0.29) is 12.0 Å². The molecule has 164 valence electrons. The molecule has 0 saturated heterocycles. The van der Waals surface area contributed by atoms with Crippen LogP contribution in [0.25, 0.3) is 22.0 Å². The van der Waals surface area contributed by atoms with Crippen molar-refractivity contribution in [1.29, 1.82) is 0 Å². The minimum absolute atomic E-state index is 0.0957. The zero-order chi connectivity index (χ0) is 23.4. The Morgan fingerprint density at radius 1 is 0.909 bits per heavy atom. The van der Waals surface area contributed by atoms with E-state index < -0.39 is 29.5 Å². The minimum atomic E-state index is -1.16. The molecule has 4 aromatic rings. The van der Waals surface area contributed by atoms with Crippen LogP contribution in [-0.2, 0) is 16.0 Å². The van der Waals surface area contributed by atoms with Crippen LogP contribution in [-0.4, -0.2) is 28.6 Å². The first-order chi connectivity index (χ1) is 15.9. The number of hydrogen-bond acceptors (Lipinski definition) is 4. The van der Waals surface area contributed by atoms with Gasteiger partial charge < -0.3 is 11.1 Å². The molecule has 0 aliphatic carbocycles. The summed E-state index contributed by atoms with van der Waals surface area (Å²) in [5, 5.41) is 4.00. The second kappa shape index (κ2) is 9.40. The maximum Gasteiger partial charge on any atom is 0.287 e. The Kier molecular flexibility index (Phi) is 6.22. The van der Waals surface area contributed by atoms with Crippen molar-refractivity contribution in [3.05, 3.63) is 102 Å². The quantitative estimate of drug-likeness (QED) is 0.429. The first-order valence-corrected chi connectivity index (χ1v) is 10.3. The first-order valence-electron chi connectivity index (χ1n) is 10.3. The second-order valence-corrected chi connectivity index (χ2v) is 7.52. The molecular weight excluding hydrogens is 421 g/mol. The van der Waals surface area contributed by atoms with Gasteiger partial charge in [0.1, 0.15) is 11.9 Å². The number of fused-ring (bicyclic) bond motifs is 1. The molecule has 3 N–H and O–H groups in total. The van der Waals surface area contributed by atoms with Gasteiger partial charge in [0.25, 0.3) is 11.8 Å². The molecule has 4 rings (SSSR count). The van der Waals surface area contributed by atoms with Crippen LogP contribution in [0.5, 0.6) is 0 Å². The normalized spacial score (nSPS) is 11.7. The smallest absolute Gasteiger partial charge is 0.287 e. The Balaban J connectivity index is 1.78. The lowest BCUT2D eigenvalue weighted by atomic mass is 9.97. The lowest BCUT2D eigenvalue weighted by Crippen LogP contribution is -2.47. The molecular formula is C26H20FN3O3. The molecule has 1 atom stereocenters. The van der Waals surface area contributed by atoms with Gasteiger partial charge in [0.2, 0.25) is 5.78 Å². The zero-order valence-electron chi connectivity index (χ0n) is 17.5. The summed E-state index contributed by atoms with van der Waals surface area (Å²) in [6, 6.07) is 20.6. The second-order valence-electron chi connectivity index (χ2n) is 7.52. The van der Waals surface area contributed by atoms with E-state index in [2.05, 4.69) is 10.3 Å². The van der Waals surface area contributed by atoms with E-state index in [1.165, 1.54) is 24.3 Å². The van der Waals surface area contributed by atoms with Gasteiger partial charge in [-0.05, 0) is 35.2 Å². The van der Waals surface area contributed by atoms with Crippen LogP contribution >= 0.6 is 0 Å². The highest BCUT2D eigenvalue weighted by Crippen LogP contribution is 2.28. The van der Waals surface area contributed by atoms with Crippen molar-refractivity contribution < 1.29 is 18.8 Å². The molecule has 0 bridgehead atoms. The number of carbonyl (C=O) groups is 3. The molecule has 2 amide bonds. The lowest BCUT2D eigenvalue weighted by Gasteiger charge is -2.19. The molecule has 1 aromatic heterocycles. The summed E-state index contributed by atoms with van der Waals surface area (Å²) in [4.78, 5) is 42.1. The van der Waals surface area contributed by atoms with Crippen molar-refractivity contribution >= 4 is 28.4 Å². The fraction of sp³-hybridized carbons (Fsp3) is 0.0769. The zero-order valence-corrected chi connectivity index (χ0v) is 17.5. The molecule has 0 fully saturated rings. The SMILES string of the molecule is NC(=O)C(=O)[C@H](Cc1ccccc1)NC(=O)c1c(-c2ccc(F)cc2)ncc2ccccc12. The molecule has 0 aliphatic rings. The standard InChI is InChI=1S/C26H20FN3O3/c27-19-12-10-17(11-13-19)23-22(20-9-5-4-8-18(20)15-29-23)26(33)30-21(24(31)25(28)32)14-16-6-2-1-3-7-16/h1-13,15,21H,14H2,(H2,28,32)(H,30,33)/t21-/m0/s1. The van der Waals surface area contributed by atoms with Gasteiger partial charge in [0.15, 0.2) is 0 Å². The van der Waals surface area contributed by atoms with E-state index in [4.69, 9.17) is 5.73 Å². The third-order valence-corrected chi connectivity index (χ3v) is 5.29. The van der Waals surface area contributed by atoms with Crippen LogP contribution < -0.4 is 11.1 Å². The number of nitrogens with one attached hydrogen (secondary N) is 1. The number of hydrogen-bond donors (Lipinski definition) is 2. The molecule has 3 aromatic carbocycles. The summed E-state index contributed by atoms with van der Waals surface area (Å²) in [6.07, 6.45) is 1.72. The van der Waals surface area contributed by atoms with Gasteiger partial charge in [0, 0.05) is 23.6 Å². The number of primary amides is 1. The van der Waals surface area contributed by atoms with Gasteiger partial charge in [-0.2, -0.15) is 0 Å². The molecule has 0 aliphatic heterocycles. The average Bonchev–Trinajstić information content (AvgIpc) is 2.83. The van der Waals surface area contributed by atoms with Crippen LogP contribution in [0, 0.1) is 5.82 Å². The summed E-state index contributed by atoms with van der Waals surface area (Å²) in [7, 11) is 0. The number of rotatable bonds is 7. The van der Waals surface area contributed by atoms with E-state index in [1.54, 1.807) is 42.6 Å². The maximum atomic E-state index is 13.5. The third-order valence-electron chi connectivity index (χ3n) is 5.29. The fourth-order valence-corrected chi connectivity index (χ4v) is 3.68. The Morgan fingerprint density at radius 2 is 1.58 bits per heavy atom. The number of nitrogens with two attached hydrogens (primary N) is 1. The monoisotopic (exact) mass is 441 g/mol. The summed E-state index contributed by atoms with van der Waals surface area (Å²) in [5.74, 6) is -3.04. The van der Waals surface area contributed by atoms with E-state index in [0.717, 1.165) is 5.56 Å². The van der Waals surface area contributed by atoms with Gasteiger partial charge in [-0.25, -0.2) is 4.39 Å². The number of halogens is 1. The number of pyridine rings is 1. The summed E-state index contributed by atoms with van der Waals surface area (Å²) in [6.45, 7) is 0. The Bertz CT molecular complexity index is 1340. The lowest BCUT2D eigenvalue weighted by molar-refractivity contribution is -0.137. The molecule has 33 heavy (non-hydrogen) atoms. The predicted molar refractivity (Wildman–Crippen MR) is 123 cm³/mol. The van der Waals surface area contributed by atoms with Crippen molar-refractivity contribution in [3.63, 3.8) is 0 Å². The predicted octanol–water partition coefficient (Wildman–Crippen LogP) is 3.44. The molecule has 0 saturated carbocycles. The Morgan fingerprint density at radius 3 is 2.27 bits per heavy atom. The molecule has 0 unspecified atom stereocenters. The Hall–Kier alpha value is -4.39. The van der Waals surface area contributed by atoms with Crippen LogP contribution in [0.15, 0.2) is 85.1 Å². The van der Waals surface area contributed by atoms with E-state index in [1.807, 2.05) is 18.2 Å². The van der Waals surface area contributed by atoms with Gasteiger partial charge >= 0.3 is 0 Å². The topological polar surface area (TPSA) is 102 Å². The number of Topliss-reactive ketones (excluding diaryl/α,β-unsaturated/α-hetero) is 1. The molecule has 7 heteroatoms. The van der Waals surface area contributed by atoms with E-state index in [0.29, 0.717) is 22.0 Å². The van der Waals surface area contributed by atoms with Crippen LogP contribution in [0.2, 0.25) is 0 Å².